The molecule has 1 fully saturated rings. The van der Waals surface area contributed by atoms with Crippen LogP contribution >= 0.6 is 11.8 Å². The molecular weight excluding hydrogens is 224 g/mol. The number of rotatable bonds is 4. The van der Waals surface area contributed by atoms with Crippen LogP contribution in [-0.4, -0.2) is 35.6 Å². The van der Waals surface area contributed by atoms with E-state index in [2.05, 4.69) is 24.2 Å². The summed E-state index contributed by atoms with van der Waals surface area (Å²) in [5, 5.41) is 4.86. The van der Waals surface area contributed by atoms with Crippen molar-refractivity contribution in [3.8, 4) is 0 Å². The number of ether oxygens (including phenoxy) is 1. The van der Waals surface area contributed by atoms with Gasteiger partial charge in [-0.3, -0.25) is 9.79 Å². The van der Waals surface area contributed by atoms with E-state index in [1.54, 1.807) is 11.8 Å². The molecule has 0 aromatic heterocycles. The highest BCUT2D eigenvalue weighted by Crippen LogP contribution is 2.22. The van der Waals surface area contributed by atoms with Crippen molar-refractivity contribution in [3.63, 3.8) is 0 Å². The van der Waals surface area contributed by atoms with Crippen molar-refractivity contribution in [2.45, 2.75) is 44.9 Å². The van der Waals surface area contributed by atoms with Crippen LogP contribution in [0.3, 0.4) is 0 Å². The summed E-state index contributed by atoms with van der Waals surface area (Å²) in [6, 6.07) is 0.470. The molecule has 92 valence electrons. The molecule has 1 N–H and O–H groups in total. The number of carbonyl (C=O) groups excluding carboxylic acids is 1. The van der Waals surface area contributed by atoms with E-state index in [-0.39, 0.29) is 5.97 Å². The van der Waals surface area contributed by atoms with Gasteiger partial charge in [0.05, 0.1) is 19.6 Å². The number of esters is 1. The summed E-state index contributed by atoms with van der Waals surface area (Å²) < 4.78 is 4.84. The summed E-state index contributed by atoms with van der Waals surface area (Å²) in [6.45, 7) is 7.11. The number of aliphatic imine (C=N–C) groups is 1. The largest absolute Gasteiger partial charge is 0.466 e. The molecule has 2 atom stereocenters. The molecule has 1 heterocycles. The number of thioether (sulfide) groups is 1. The molecule has 0 aromatic carbocycles. The van der Waals surface area contributed by atoms with Gasteiger partial charge in [-0.25, -0.2) is 0 Å². The number of hydrogen-bond donors (Lipinski definition) is 1. The monoisotopic (exact) mass is 244 g/mol. The topological polar surface area (TPSA) is 50.7 Å². The van der Waals surface area contributed by atoms with Crippen LogP contribution in [0.1, 0.15) is 33.6 Å². The zero-order valence-corrected chi connectivity index (χ0v) is 11.0. The highest BCUT2D eigenvalue weighted by molar-refractivity contribution is 8.14. The SMILES string of the molecule is CCOC(=O)CCN=C1NC(C)CC(C)S1. The normalized spacial score (nSPS) is 27.6. The first kappa shape index (κ1) is 13.4. The number of nitrogens with one attached hydrogen (secondary N) is 1. The molecule has 1 rings (SSSR count). The molecule has 2 unspecified atom stereocenters. The predicted molar refractivity (Wildman–Crippen MR) is 67.8 cm³/mol. The summed E-state index contributed by atoms with van der Waals surface area (Å²) in [4.78, 5) is 15.5. The Morgan fingerprint density at radius 2 is 2.38 bits per heavy atom. The van der Waals surface area contributed by atoms with Crippen molar-refractivity contribution in [1.29, 1.82) is 0 Å². The average Bonchev–Trinajstić information content (AvgIpc) is 2.16. The van der Waals surface area contributed by atoms with Crippen LogP contribution in [-0.2, 0) is 9.53 Å². The van der Waals surface area contributed by atoms with Crippen LogP contribution in [0.15, 0.2) is 4.99 Å². The first-order valence-corrected chi connectivity index (χ1v) is 6.63. The molecule has 0 aliphatic carbocycles. The third-order valence-electron chi connectivity index (χ3n) is 2.24. The maximum absolute atomic E-state index is 11.1. The first-order valence-electron chi connectivity index (χ1n) is 5.75. The molecule has 0 bridgehead atoms. The van der Waals surface area contributed by atoms with Crippen molar-refractivity contribution in [2.24, 2.45) is 4.99 Å². The Bertz CT molecular complexity index is 257. The number of hydrogen-bond acceptors (Lipinski definition) is 4. The Morgan fingerprint density at radius 3 is 3.00 bits per heavy atom. The van der Waals surface area contributed by atoms with Crippen LogP contribution in [0.2, 0.25) is 0 Å². The van der Waals surface area contributed by atoms with Gasteiger partial charge in [0.15, 0.2) is 5.17 Å². The van der Waals surface area contributed by atoms with Gasteiger partial charge in [0.25, 0.3) is 0 Å². The maximum Gasteiger partial charge on any atom is 0.307 e. The van der Waals surface area contributed by atoms with Gasteiger partial charge in [-0.1, -0.05) is 18.7 Å². The molecular formula is C11H20N2O2S. The van der Waals surface area contributed by atoms with Crippen LogP contribution < -0.4 is 5.32 Å². The highest BCUT2D eigenvalue weighted by Gasteiger charge is 2.19. The van der Waals surface area contributed by atoms with Gasteiger partial charge >= 0.3 is 5.97 Å². The minimum Gasteiger partial charge on any atom is -0.466 e. The summed E-state index contributed by atoms with van der Waals surface area (Å²) in [5.41, 5.74) is 0. The molecule has 1 aliphatic rings. The van der Waals surface area contributed by atoms with E-state index in [0.29, 0.717) is 30.9 Å². The van der Waals surface area contributed by atoms with Gasteiger partial charge in [0.2, 0.25) is 0 Å². The summed E-state index contributed by atoms with van der Waals surface area (Å²) >= 11 is 1.74. The minimum absolute atomic E-state index is 0.172. The molecule has 1 aliphatic heterocycles. The molecule has 4 nitrogen and oxygen atoms in total. The van der Waals surface area contributed by atoms with E-state index in [4.69, 9.17) is 4.74 Å². The maximum atomic E-state index is 11.1. The van der Waals surface area contributed by atoms with Gasteiger partial charge < -0.3 is 10.1 Å². The van der Waals surface area contributed by atoms with E-state index in [1.165, 1.54) is 0 Å². The quantitative estimate of drug-likeness (QED) is 0.766. The van der Waals surface area contributed by atoms with E-state index in [9.17, 15) is 4.79 Å². The second kappa shape index (κ2) is 6.78. The first-order chi connectivity index (χ1) is 7.61. The molecule has 1 saturated heterocycles. The molecule has 0 aromatic rings. The van der Waals surface area contributed by atoms with Crippen LogP contribution in [0, 0.1) is 0 Å². The molecule has 0 saturated carbocycles. The van der Waals surface area contributed by atoms with Crippen molar-refractivity contribution < 1.29 is 9.53 Å². The fourth-order valence-electron chi connectivity index (χ4n) is 1.61. The lowest BCUT2D eigenvalue weighted by molar-refractivity contribution is -0.142. The van der Waals surface area contributed by atoms with Crippen LogP contribution in [0.4, 0.5) is 0 Å². The molecule has 0 amide bonds. The van der Waals surface area contributed by atoms with E-state index < -0.39 is 0 Å². The summed E-state index contributed by atoms with van der Waals surface area (Å²) in [6.07, 6.45) is 1.52. The van der Waals surface area contributed by atoms with Crippen LogP contribution in [0.25, 0.3) is 0 Å². The lowest BCUT2D eigenvalue weighted by Crippen LogP contribution is -2.38. The van der Waals surface area contributed by atoms with E-state index in [0.717, 1.165) is 11.6 Å². The zero-order chi connectivity index (χ0) is 12.0. The number of nitrogens with zero attached hydrogens (tertiary/aromatic N) is 1. The van der Waals surface area contributed by atoms with Gasteiger partial charge in [-0.05, 0) is 20.3 Å². The zero-order valence-electron chi connectivity index (χ0n) is 10.2. The average molecular weight is 244 g/mol. The molecule has 5 heteroatoms. The van der Waals surface area contributed by atoms with E-state index in [1.807, 2.05) is 6.92 Å². The molecule has 0 spiro atoms. The van der Waals surface area contributed by atoms with Gasteiger partial charge in [-0.2, -0.15) is 0 Å². The van der Waals surface area contributed by atoms with E-state index >= 15 is 0 Å². The number of amidine groups is 1. The lowest BCUT2D eigenvalue weighted by atomic mass is 10.2. The van der Waals surface area contributed by atoms with Gasteiger partial charge in [0, 0.05) is 11.3 Å². The van der Waals surface area contributed by atoms with Gasteiger partial charge in [-0.15, -0.1) is 0 Å². The summed E-state index contributed by atoms with van der Waals surface area (Å²) in [5.74, 6) is -0.172. The van der Waals surface area contributed by atoms with Crippen molar-refractivity contribution in [2.75, 3.05) is 13.2 Å². The fourth-order valence-corrected chi connectivity index (χ4v) is 2.81. The van der Waals surface area contributed by atoms with Crippen molar-refractivity contribution >= 4 is 22.9 Å². The smallest absolute Gasteiger partial charge is 0.307 e. The second-order valence-electron chi connectivity index (χ2n) is 3.95. The third kappa shape index (κ3) is 4.88. The standard InChI is InChI=1S/C11H20N2O2S/c1-4-15-10(14)5-6-12-11-13-8(2)7-9(3)16-11/h8-9H,4-7H2,1-3H3,(H,12,13). The number of carbonyl (C=O) groups is 1. The molecule has 0 radical (unpaired) electrons. The Labute approximate surface area is 101 Å². The Hall–Kier alpha value is -0.710. The Kier molecular flexibility index (Phi) is 5.66. The third-order valence-corrected chi connectivity index (χ3v) is 3.31. The summed E-state index contributed by atoms with van der Waals surface area (Å²) in [7, 11) is 0. The fraction of sp³-hybridized carbons (Fsp3) is 0.818. The molecule has 16 heavy (non-hydrogen) atoms. The predicted octanol–water partition coefficient (Wildman–Crippen LogP) is 1.80. The Balaban J connectivity index is 2.30. The van der Waals surface area contributed by atoms with Crippen molar-refractivity contribution in [3.05, 3.63) is 0 Å². The highest BCUT2D eigenvalue weighted by atomic mass is 32.2. The lowest BCUT2D eigenvalue weighted by Gasteiger charge is -2.26. The van der Waals surface area contributed by atoms with Crippen molar-refractivity contribution in [1.82, 2.24) is 5.32 Å². The Morgan fingerprint density at radius 1 is 1.62 bits per heavy atom. The van der Waals surface area contributed by atoms with Gasteiger partial charge in [0.1, 0.15) is 0 Å². The minimum atomic E-state index is -0.172. The van der Waals surface area contributed by atoms with Crippen LogP contribution in [0.5, 0.6) is 0 Å². The second-order valence-corrected chi connectivity index (χ2v) is 5.38.